The molecule has 0 radical (unpaired) electrons. The lowest BCUT2D eigenvalue weighted by Gasteiger charge is -2.17. The van der Waals surface area contributed by atoms with Gasteiger partial charge in [0.2, 0.25) is 5.69 Å². The molecule has 24 heavy (non-hydrogen) atoms. The topological polar surface area (TPSA) is 75.9 Å². The molecule has 0 unspecified atom stereocenters. The van der Waals surface area contributed by atoms with Gasteiger partial charge in [-0.05, 0) is 25.0 Å². The summed E-state index contributed by atoms with van der Waals surface area (Å²) in [5, 5.41) is 12.7. The Morgan fingerprint density at radius 1 is 1.08 bits per heavy atom. The summed E-state index contributed by atoms with van der Waals surface area (Å²) >= 11 is 0. The van der Waals surface area contributed by atoms with Crippen LogP contribution in [0.25, 0.3) is 16.7 Å². The van der Waals surface area contributed by atoms with Gasteiger partial charge in [0.1, 0.15) is 0 Å². The lowest BCUT2D eigenvalue weighted by Crippen LogP contribution is -2.43. The second-order valence-electron chi connectivity index (χ2n) is 6.21. The standard InChI is InChI=1S/C17H18N4O3/c1-18-15(22)14(16(23)19(2)17(18)24)21-12-8-4-3-7-11(12)20-10-6-5-9-13(20)21/h3-4,7-8H,5-6,9-10H2,1-2H3. The minimum Gasteiger partial charge on any atom is -0.857 e. The third-order valence-corrected chi connectivity index (χ3v) is 4.83. The molecule has 1 aromatic carbocycles. The number of aryl methyl sites for hydroxylation is 1. The molecular weight excluding hydrogens is 308 g/mol. The molecule has 1 aliphatic rings. The minimum atomic E-state index is -0.605. The van der Waals surface area contributed by atoms with E-state index in [9.17, 15) is 14.7 Å². The van der Waals surface area contributed by atoms with Crippen molar-refractivity contribution >= 4 is 11.0 Å². The number of hydrogen-bond acceptors (Lipinski definition) is 3. The van der Waals surface area contributed by atoms with Crippen LogP contribution < -0.4 is 20.9 Å². The van der Waals surface area contributed by atoms with E-state index in [4.69, 9.17) is 0 Å². The Morgan fingerprint density at radius 3 is 2.62 bits per heavy atom. The Bertz CT molecular complexity index is 1090. The third kappa shape index (κ3) is 1.81. The predicted octanol–water partition coefficient (Wildman–Crippen LogP) is -0.275. The lowest BCUT2D eigenvalue weighted by atomic mass is 10.1. The quantitative estimate of drug-likeness (QED) is 0.578. The van der Waals surface area contributed by atoms with Crippen LogP contribution in [0.5, 0.6) is 5.88 Å². The number of rotatable bonds is 1. The second kappa shape index (κ2) is 5.09. The Labute approximate surface area is 137 Å². The Balaban J connectivity index is 2.21. The van der Waals surface area contributed by atoms with Crippen LogP contribution in [0.1, 0.15) is 18.7 Å². The molecule has 3 aromatic rings. The molecule has 0 bridgehead atoms. The van der Waals surface area contributed by atoms with Crippen molar-refractivity contribution < 1.29 is 9.67 Å². The molecule has 0 spiro atoms. The molecule has 0 amide bonds. The summed E-state index contributed by atoms with van der Waals surface area (Å²) in [4.78, 5) is 24.7. The minimum absolute atomic E-state index is 0.0199. The maximum Gasteiger partial charge on any atom is 0.330 e. The molecular formula is C17H18N4O3. The van der Waals surface area contributed by atoms with Crippen LogP contribution in [0, 0.1) is 0 Å². The monoisotopic (exact) mass is 326 g/mol. The molecule has 0 fully saturated rings. The first-order chi connectivity index (χ1) is 11.5. The van der Waals surface area contributed by atoms with Crippen molar-refractivity contribution in [2.75, 3.05) is 0 Å². The Hall–Kier alpha value is -2.83. The zero-order chi connectivity index (χ0) is 17.0. The molecule has 0 atom stereocenters. The highest BCUT2D eigenvalue weighted by molar-refractivity contribution is 5.75. The fourth-order valence-electron chi connectivity index (χ4n) is 3.58. The van der Waals surface area contributed by atoms with E-state index in [1.807, 2.05) is 24.3 Å². The highest BCUT2D eigenvalue weighted by atomic mass is 16.3. The second-order valence-corrected chi connectivity index (χ2v) is 6.21. The highest BCUT2D eigenvalue weighted by Crippen LogP contribution is 2.24. The van der Waals surface area contributed by atoms with Crippen LogP contribution in [-0.2, 0) is 27.1 Å². The van der Waals surface area contributed by atoms with Crippen LogP contribution in [0.3, 0.4) is 0 Å². The largest absolute Gasteiger partial charge is 0.857 e. The van der Waals surface area contributed by atoms with Gasteiger partial charge in [-0.25, -0.2) is 9.36 Å². The van der Waals surface area contributed by atoms with Gasteiger partial charge < -0.3 is 9.67 Å². The summed E-state index contributed by atoms with van der Waals surface area (Å²) < 4.78 is 5.90. The number of aromatic nitrogens is 4. The molecule has 3 heterocycles. The molecule has 0 aliphatic carbocycles. The van der Waals surface area contributed by atoms with Crippen LogP contribution in [-0.4, -0.2) is 13.7 Å². The number of hydrogen-bond donors (Lipinski definition) is 0. The predicted molar refractivity (Wildman–Crippen MR) is 86.3 cm³/mol. The molecule has 0 saturated heterocycles. The van der Waals surface area contributed by atoms with E-state index >= 15 is 0 Å². The van der Waals surface area contributed by atoms with E-state index in [1.165, 1.54) is 14.1 Å². The van der Waals surface area contributed by atoms with Crippen molar-refractivity contribution in [1.82, 2.24) is 13.7 Å². The Morgan fingerprint density at radius 2 is 1.83 bits per heavy atom. The summed E-state index contributed by atoms with van der Waals surface area (Å²) in [6, 6.07) is 7.75. The lowest BCUT2D eigenvalue weighted by molar-refractivity contribution is -0.685. The average Bonchev–Trinajstić information content (AvgIpc) is 2.94. The van der Waals surface area contributed by atoms with Crippen molar-refractivity contribution in [3.63, 3.8) is 0 Å². The highest BCUT2D eigenvalue weighted by Gasteiger charge is 2.30. The number of para-hydroxylation sites is 2. The van der Waals surface area contributed by atoms with Gasteiger partial charge in [0.25, 0.3) is 5.82 Å². The summed E-state index contributed by atoms with van der Waals surface area (Å²) in [5.74, 6) is 0.383. The van der Waals surface area contributed by atoms with Crippen molar-refractivity contribution in [1.29, 1.82) is 0 Å². The fraction of sp³-hybridized carbons (Fsp3) is 0.353. The van der Waals surface area contributed by atoms with Crippen LogP contribution in [0.4, 0.5) is 0 Å². The smallest absolute Gasteiger partial charge is 0.330 e. The van der Waals surface area contributed by atoms with Crippen molar-refractivity contribution in [2.45, 2.75) is 25.8 Å². The zero-order valence-corrected chi connectivity index (χ0v) is 13.7. The molecule has 1 aliphatic heterocycles. The molecule has 7 nitrogen and oxygen atoms in total. The Kier molecular flexibility index (Phi) is 3.13. The van der Waals surface area contributed by atoms with Gasteiger partial charge in [-0.15, -0.1) is 0 Å². The normalized spacial score (nSPS) is 14.1. The molecule has 124 valence electrons. The van der Waals surface area contributed by atoms with Crippen LogP contribution in [0.15, 0.2) is 33.9 Å². The maximum atomic E-state index is 12.7. The van der Waals surface area contributed by atoms with E-state index in [0.717, 1.165) is 51.8 Å². The summed E-state index contributed by atoms with van der Waals surface area (Å²) in [6.45, 7) is 0.864. The fourth-order valence-corrected chi connectivity index (χ4v) is 3.58. The van der Waals surface area contributed by atoms with Gasteiger partial charge in [-0.3, -0.25) is 9.36 Å². The summed E-state index contributed by atoms with van der Waals surface area (Å²) in [5.41, 5.74) is 0.681. The van der Waals surface area contributed by atoms with Gasteiger partial charge >= 0.3 is 11.2 Å². The molecule has 2 aromatic heterocycles. The number of fused-ring (bicyclic) bond motifs is 3. The van der Waals surface area contributed by atoms with E-state index in [2.05, 4.69) is 4.57 Å². The average molecular weight is 326 g/mol. The van der Waals surface area contributed by atoms with Gasteiger partial charge in [0.15, 0.2) is 11.0 Å². The van der Waals surface area contributed by atoms with Gasteiger partial charge in [0.05, 0.1) is 6.54 Å². The first-order valence-corrected chi connectivity index (χ1v) is 8.02. The number of nitrogens with zero attached hydrogens (tertiary/aromatic N) is 4. The summed E-state index contributed by atoms with van der Waals surface area (Å²) in [7, 11) is 2.80. The summed E-state index contributed by atoms with van der Waals surface area (Å²) in [6.07, 6.45) is 2.87. The molecule has 0 N–H and O–H groups in total. The molecule has 0 saturated carbocycles. The zero-order valence-electron chi connectivity index (χ0n) is 13.7. The third-order valence-electron chi connectivity index (χ3n) is 4.83. The van der Waals surface area contributed by atoms with Crippen molar-refractivity contribution in [3.8, 4) is 11.6 Å². The maximum absolute atomic E-state index is 12.7. The SMILES string of the molecule is Cn1c([O-])c(-n2c3[n+](c4ccccc42)CCCC3)c(=O)n(C)c1=O. The van der Waals surface area contributed by atoms with E-state index in [-0.39, 0.29) is 5.69 Å². The van der Waals surface area contributed by atoms with Crippen LogP contribution in [0.2, 0.25) is 0 Å². The number of benzene rings is 1. The van der Waals surface area contributed by atoms with E-state index < -0.39 is 17.1 Å². The molecule has 4 rings (SSSR count). The van der Waals surface area contributed by atoms with Crippen LogP contribution >= 0.6 is 0 Å². The first kappa shape index (κ1) is 14.7. The van der Waals surface area contributed by atoms with Crippen molar-refractivity contribution in [3.05, 3.63) is 50.9 Å². The molecule has 7 heteroatoms. The number of imidazole rings is 1. The van der Waals surface area contributed by atoms with Gasteiger partial charge in [0, 0.05) is 26.4 Å². The first-order valence-electron chi connectivity index (χ1n) is 8.02. The van der Waals surface area contributed by atoms with Gasteiger partial charge in [-0.2, -0.15) is 4.57 Å². The van der Waals surface area contributed by atoms with E-state index in [1.54, 1.807) is 4.57 Å². The van der Waals surface area contributed by atoms with Gasteiger partial charge in [-0.1, -0.05) is 12.1 Å². The van der Waals surface area contributed by atoms with E-state index in [0.29, 0.717) is 0 Å². The van der Waals surface area contributed by atoms with Crippen molar-refractivity contribution in [2.24, 2.45) is 14.1 Å².